The molecule has 1 aromatic heterocycles. The molecule has 19 heavy (non-hydrogen) atoms. The summed E-state index contributed by atoms with van der Waals surface area (Å²) in [6, 6.07) is 5.59. The lowest BCUT2D eigenvalue weighted by atomic mass is 10.1. The van der Waals surface area contributed by atoms with Crippen molar-refractivity contribution >= 4 is 22.5 Å². The van der Waals surface area contributed by atoms with Crippen LogP contribution >= 0.6 is 0 Å². The van der Waals surface area contributed by atoms with Crippen LogP contribution in [0.15, 0.2) is 24.4 Å². The summed E-state index contributed by atoms with van der Waals surface area (Å²) >= 11 is 0. The summed E-state index contributed by atoms with van der Waals surface area (Å²) in [5, 5.41) is 0.939. The second-order valence-electron chi connectivity index (χ2n) is 4.75. The fourth-order valence-corrected chi connectivity index (χ4v) is 2.24. The number of carbonyl (C=O) groups is 1. The molecular weight excluding hydrogens is 238 g/mol. The van der Waals surface area contributed by atoms with Gasteiger partial charge in [-0.3, -0.25) is 4.79 Å². The number of hydrogen-bond donors (Lipinski definition) is 2. The summed E-state index contributed by atoms with van der Waals surface area (Å²) in [6.45, 7) is 5.70. The fourth-order valence-electron chi connectivity index (χ4n) is 2.24. The molecule has 0 aliphatic heterocycles. The Morgan fingerprint density at radius 1 is 1.37 bits per heavy atom. The first kappa shape index (κ1) is 13.5. The molecule has 0 saturated heterocycles. The maximum Gasteiger partial charge on any atom is 0.256 e. The standard InChI is InChI=1S/C15H21N3O/c1-3-5-8-18(4-2)15(19)13-10-17-14-9-11(16)6-7-12(13)14/h6-7,9-10,17H,3-5,8,16H2,1-2H3. The van der Waals surface area contributed by atoms with Crippen LogP contribution in [0.5, 0.6) is 0 Å². The molecule has 0 atom stereocenters. The number of nitrogens with zero attached hydrogens (tertiary/aromatic N) is 1. The Labute approximate surface area is 113 Å². The highest BCUT2D eigenvalue weighted by Crippen LogP contribution is 2.22. The summed E-state index contributed by atoms with van der Waals surface area (Å²) in [5.41, 5.74) is 8.09. The van der Waals surface area contributed by atoms with E-state index in [1.54, 1.807) is 6.20 Å². The van der Waals surface area contributed by atoms with Gasteiger partial charge in [0.25, 0.3) is 5.91 Å². The number of fused-ring (bicyclic) bond motifs is 1. The number of rotatable bonds is 5. The van der Waals surface area contributed by atoms with Gasteiger partial charge in [-0.15, -0.1) is 0 Å². The molecule has 0 spiro atoms. The normalized spacial score (nSPS) is 10.8. The Morgan fingerprint density at radius 3 is 2.84 bits per heavy atom. The molecule has 0 saturated carbocycles. The zero-order valence-corrected chi connectivity index (χ0v) is 11.6. The number of unbranched alkanes of at least 4 members (excludes halogenated alkanes) is 1. The monoisotopic (exact) mass is 259 g/mol. The molecule has 0 aliphatic rings. The van der Waals surface area contributed by atoms with Crippen molar-refractivity contribution in [3.63, 3.8) is 0 Å². The zero-order valence-electron chi connectivity index (χ0n) is 11.6. The Morgan fingerprint density at radius 2 is 2.16 bits per heavy atom. The minimum absolute atomic E-state index is 0.0898. The quantitative estimate of drug-likeness (QED) is 0.811. The van der Waals surface area contributed by atoms with Gasteiger partial charge in [-0.1, -0.05) is 13.3 Å². The van der Waals surface area contributed by atoms with Crippen molar-refractivity contribution < 1.29 is 4.79 Å². The smallest absolute Gasteiger partial charge is 0.256 e. The first-order valence-electron chi connectivity index (χ1n) is 6.83. The van der Waals surface area contributed by atoms with E-state index in [9.17, 15) is 4.79 Å². The second-order valence-corrected chi connectivity index (χ2v) is 4.75. The lowest BCUT2D eigenvalue weighted by Gasteiger charge is -2.20. The molecule has 2 rings (SSSR count). The van der Waals surface area contributed by atoms with E-state index in [4.69, 9.17) is 5.73 Å². The fraction of sp³-hybridized carbons (Fsp3) is 0.400. The van der Waals surface area contributed by atoms with E-state index in [1.807, 2.05) is 30.0 Å². The summed E-state index contributed by atoms with van der Waals surface area (Å²) in [6.07, 6.45) is 3.91. The van der Waals surface area contributed by atoms with Gasteiger partial charge in [0.15, 0.2) is 0 Å². The number of amides is 1. The van der Waals surface area contributed by atoms with Gasteiger partial charge in [-0.25, -0.2) is 0 Å². The number of nitrogens with one attached hydrogen (secondary N) is 1. The SMILES string of the molecule is CCCCN(CC)C(=O)c1c[nH]c2cc(N)ccc12. The number of aromatic amines is 1. The van der Waals surface area contributed by atoms with Gasteiger partial charge in [0, 0.05) is 35.9 Å². The highest BCUT2D eigenvalue weighted by Gasteiger charge is 2.17. The molecule has 0 bridgehead atoms. The van der Waals surface area contributed by atoms with Crippen molar-refractivity contribution in [2.45, 2.75) is 26.7 Å². The van der Waals surface area contributed by atoms with Crippen molar-refractivity contribution in [3.8, 4) is 0 Å². The van der Waals surface area contributed by atoms with Gasteiger partial charge in [-0.2, -0.15) is 0 Å². The molecule has 2 aromatic rings. The van der Waals surface area contributed by atoms with Crippen molar-refractivity contribution in [2.75, 3.05) is 18.8 Å². The summed E-state index contributed by atoms with van der Waals surface area (Å²) in [4.78, 5) is 17.5. The summed E-state index contributed by atoms with van der Waals surface area (Å²) < 4.78 is 0. The summed E-state index contributed by atoms with van der Waals surface area (Å²) in [7, 11) is 0. The molecule has 0 fully saturated rings. The van der Waals surface area contributed by atoms with Gasteiger partial charge < -0.3 is 15.6 Å². The van der Waals surface area contributed by atoms with Crippen LogP contribution < -0.4 is 5.73 Å². The Hall–Kier alpha value is -1.97. The largest absolute Gasteiger partial charge is 0.399 e. The molecule has 1 amide bonds. The molecule has 102 valence electrons. The molecule has 1 aromatic carbocycles. The van der Waals surface area contributed by atoms with Crippen LogP contribution in [0.3, 0.4) is 0 Å². The topological polar surface area (TPSA) is 62.1 Å². The minimum Gasteiger partial charge on any atom is -0.399 e. The lowest BCUT2D eigenvalue weighted by molar-refractivity contribution is 0.0764. The van der Waals surface area contributed by atoms with E-state index >= 15 is 0 Å². The van der Waals surface area contributed by atoms with E-state index in [1.165, 1.54) is 0 Å². The Balaban J connectivity index is 2.30. The number of aromatic nitrogens is 1. The Kier molecular flexibility index (Phi) is 4.10. The summed E-state index contributed by atoms with van der Waals surface area (Å²) in [5.74, 6) is 0.0898. The highest BCUT2D eigenvalue weighted by atomic mass is 16.2. The highest BCUT2D eigenvalue weighted by molar-refractivity contribution is 6.07. The Bertz CT molecular complexity index is 574. The van der Waals surface area contributed by atoms with Crippen LogP contribution in [0, 0.1) is 0 Å². The third-order valence-electron chi connectivity index (χ3n) is 3.39. The number of nitrogen functional groups attached to an aromatic ring is 1. The molecule has 0 radical (unpaired) electrons. The first-order chi connectivity index (χ1) is 9.17. The van der Waals surface area contributed by atoms with Gasteiger partial charge in [0.1, 0.15) is 0 Å². The van der Waals surface area contributed by atoms with Crippen LogP contribution in [-0.2, 0) is 0 Å². The number of anilines is 1. The molecule has 4 heteroatoms. The van der Waals surface area contributed by atoms with Crippen LogP contribution in [0.25, 0.3) is 10.9 Å². The molecule has 0 aliphatic carbocycles. The maximum atomic E-state index is 12.5. The number of nitrogens with two attached hydrogens (primary N) is 1. The van der Waals surface area contributed by atoms with E-state index in [2.05, 4.69) is 11.9 Å². The maximum absolute atomic E-state index is 12.5. The minimum atomic E-state index is 0.0898. The van der Waals surface area contributed by atoms with Crippen molar-refractivity contribution in [1.82, 2.24) is 9.88 Å². The molecule has 4 nitrogen and oxygen atoms in total. The van der Waals surface area contributed by atoms with Crippen LogP contribution in [0.1, 0.15) is 37.0 Å². The number of benzene rings is 1. The molecule has 1 heterocycles. The molecule has 3 N–H and O–H groups in total. The second kappa shape index (κ2) is 5.78. The van der Waals surface area contributed by atoms with E-state index in [0.717, 1.165) is 42.4 Å². The third-order valence-corrected chi connectivity index (χ3v) is 3.39. The number of H-pyrrole nitrogens is 1. The molecular formula is C15H21N3O. The van der Waals surface area contributed by atoms with E-state index in [0.29, 0.717) is 5.69 Å². The van der Waals surface area contributed by atoms with Crippen LogP contribution in [0.2, 0.25) is 0 Å². The van der Waals surface area contributed by atoms with Gasteiger partial charge in [-0.05, 0) is 31.5 Å². The van der Waals surface area contributed by atoms with Crippen molar-refractivity contribution in [3.05, 3.63) is 30.0 Å². The average molecular weight is 259 g/mol. The average Bonchev–Trinajstić information content (AvgIpc) is 2.82. The predicted octanol–water partition coefficient (Wildman–Crippen LogP) is 3.01. The first-order valence-corrected chi connectivity index (χ1v) is 6.83. The molecule has 0 unspecified atom stereocenters. The predicted molar refractivity (Wildman–Crippen MR) is 79.2 cm³/mol. The van der Waals surface area contributed by atoms with Crippen molar-refractivity contribution in [2.24, 2.45) is 0 Å². The van der Waals surface area contributed by atoms with E-state index in [-0.39, 0.29) is 5.91 Å². The van der Waals surface area contributed by atoms with Gasteiger partial charge >= 0.3 is 0 Å². The number of carbonyl (C=O) groups excluding carboxylic acids is 1. The van der Waals surface area contributed by atoms with Crippen molar-refractivity contribution in [1.29, 1.82) is 0 Å². The zero-order chi connectivity index (χ0) is 13.8. The van der Waals surface area contributed by atoms with Gasteiger partial charge in [0.05, 0.1) is 5.56 Å². The number of hydrogen-bond acceptors (Lipinski definition) is 2. The van der Waals surface area contributed by atoms with Crippen LogP contribution in [-0.4, -0.2) is 28.9 Å². The van der Waals surface area contributed by atoms with Gasteiger partial charge in [0.2, 0.25) is 0 Å². The van der Waals surface area contributed by atoms with E-state index < -0.39 is 0 Å². The lowest BCUT2D eigenvalue weighted by Crippen LogP contribution is -2.31. The van der Waals surface area contributed by atoms with Crippen LogP contribution in [0.4, 0.5) is 5.69 Å². The third kappa shape index (κ3) is 2.72.